The summed E-state index contributed by atoms with van der Waals surface area (Å²) in [6, 6.07) is -0.0373. The lowest BCUT2D eigenvalue weighted by Gasteiger charge is -2.36. The lowest BCUT2D eigenvalue weighted by atomic mass is 10.2. The first-order chi connectivity index (χ1) is 14.5. The van der Waals surface area contributed by atoms with Crippen molar-refractivity contribution in [3.63, 3.8) is 0 Å². The van der Waals surface area contributed by atoms with Crippen molar-refractivity contribution >= 4 is 34.3 Å². The molecule has 0 aromatic carbocycles. The van der Waals surface area contributed by atoms with Crippen LogP contribution in [-0.4, -0.2) is 69.2 Å². The number of aromatic nitrogens is 6. The van der Waals surface area contributed by atoms with E-state index in [2.05, 4.69) is 29.9 Å². The Kier molecular flexibility index (Phi) is 5.87. The number of imidazole rings is 1. The molecule has 1 aliphatic heterocycles. The van der Waals surface area contributed by atoms with E-state index in [0.29, 0.717) is 31.9 Å². The zero-order valence-corrected chi connectivity index (χ0v) is 18.1. The number of anilines is 2. The summed E-state index contributed by atoms with van der Waals surface area (Å²) in [7, 11) is 1.67. The Morgan fingerprint density at radius 1 is 1.13 bits per heavy atom. The molecule has 30 heavy (non-hydrogen) atoms. The zero-order valence-electron chi connectivity index (χ0n) is 17.3. The van der Waals surface area contributed by atoms with Crippen LogP contribution >= 0.6 is 11.6 Å². The van der Waals surface area contributed by atoms with Crippen LogP contribution in [0.3, 0.4) is 0 Å². The van der Waals surface area contributed by atoms with E-state index in [1.807, 2.05) is 18.4 Å². The molecule has 10 nitrogen and oxygen atoms in total. The van der Waals surface area contributed by atoms with Gasteiger partial charge in [-0.05, 0) is 13.8 Å². The summed E-state index contributed by atoms with van der Waals surface area (Å²) in [6.07, 6.45) is 5.02. The van der Waals surface area contributed by atoms with E-state index in [-0.39, 0.29) is 16.6 Å². The highest BCUT2D eigenvalue weighted by Gasteiger charge is 2.24. The molecule has 0 N–H and O–H groups in total. The van der Waals surface area contributed by atoms with Gasteiger partial charge in [0.25, 0.3) is 5.56 Å². The molecule has 0 amide bonds. The fraction of sp³-hybridized carbons (Fsp3) is 0.526. The van der Waals surface area contributed by atoms with Gasteiger partial charge in [-0.3, -0.25) is 4.79 Å². The van der Waals surface area contributed by atoms with Crippen molar-refractivity contribution < 1.29 is 4.74 Å². The number of methoxy groups -OCH3 is 1. The van der Waals surface area contributed by atoms with Crippen molar-refractivity contribution in [3.05, 3.63) is 34.2 Å². The van der Waals surface area contributed by atoms with Gasteiger partial charge in [0.15, 0.2) is 17.0 Å². The van der Waals surface area contributed by atoms with Crippen LogP contribution in [0.25, 0.3) is 11.2 Å². The van der Waals surface area contributed by atoms with Gasteiger partial charge < -0.3 is 19.1 Å². The molecule has 4 heterocycles. The molecule has 0 unspecified atom stereocenters. The first-order valence-corrected chi connectivity index (χ1v) is 10.3. The molecule has 1 saturated heterocycles. The van der Waals surface area contributed by atoms with Crippen LogP contribution in [0.1, 0.15) is 19.9 Å². The standard InChI is InChI=1S/C19H25ClN8O2/c1-13(2)28-19(29)15(20)14(10-24-28)25-4-6-26(7-5-25)17-16-18(22-11-21-17)27(12-23-16)8-9-30-3/h10-13H,4-9H2,1-3H3. The molecule has 3 aromatic heterocycles. The normalized spacial score (nSPS) is 14.8. The lowest BCUT2D eigenvalue weighted by Crippen LogP contribution is -2.47. The van der Waals surface area contributed by atoms with Crippen LogP contribution in [0.15, 0.2) is 23.6 Å². The van der Waals surface area contributed by atoms with Gasteiger partial charge in [0, 0.05) is 39.8 Å². The molecule has 1 fully saturated rings. The minimum absolute atomic E-state index is 0.0373. The summed E-state index contributed by atoms with van der Waals surface area (Å²) in [4.78, 5) is 30.2. The number of nitrogens with zero attached hydrogens (tertiary/aromatic N) is 8. The molecule has 0 radical (unpaired) electrons. The predicted molar refractivity (Wildman–Crippen MR) is 116 cm³/mol. The first kappa shape index (κ1) is 20.5. The topological polar surface area (TPSA) is 94.2 Å². The summed E-state index contributed by atoms with van der Waals surface area (Å²) in [5.41, 5.74) is 1.99. The Hall–Kier alpha value is -2.72. The quantitative estimate of drug-likeness (QED) is 0.579. The van der Waals surface area contributed by atoms with Crippen LogP contribution in [0, 0.1) is 0 Å². The number of ether oxygens (including phenoxy) is 1. The molecular formula is C19H25ClN8O2. The molecule has 1 aliphatic rings. The maximum atomic E-state index is 12.5. The van der Waals surface area contributed by atoms with Gasteiger partial charge in [0.2, 0.25) is 0 Å². The molecule has 0 bridgehead atoms. The third-order valence-electron chi connectivity index (χ3n) is 5.25. The van der Waals surface area contributed by atoms with Crippen molar-refractivity contribution in [1.82, 2.24) is 29.3 Å². The molecule has 0 saturated carbocycles. The fourth-order valence-electron chi connectivity index (χ4n) is 3.64. The summed E-state index contributed by atoms with van der Waals surface area (Å²) >= 11 is 6.38. The van der Waals surface area contributed by atoms with Crippen molar-refractivity contribution in [2.75, 3.05) is 49.7 Å². The lowest BCUT2D eigenvalue weighted by molar-refractivity contribution is 0.188. The number of halogens is 1. The van der Waals surface area contributed by atoms with Crippen molar-refractivity contribution in [2.45, 2.75) is 26.4 Å². The largest absolute Gasteiger partial charge is 0.383 e. The number of piperazine rings is 1. The van der Waals surface area contributed by atoms with E-state index in [0.717, 1.165) is 30.1 Å². The summed E-state index contributed by atoms with van der Waals surface area (Å²) in [6.45, 7) is 7.93. The number of rotatable bonds is 6. The Bertz CT molecular complexity index is 1090. The summed E-state index contributed by atoms with van der Waals surface area (Å²) < 4.78 is 8.53. The smallest absolute Gasteiger partial charge is 0.287 e. The van der Waals surface area contributed by atoms with E-state index in [9.17, 15) is 4.79 Å². The molecule has 3 aromatic rings. The third kappa shape index (κ3) is 3.72. The van der Waals surface area contributed by atoms with E-state index in [1.165, 1.54) is 4.68 Å². The van der Waals surface area contributed by atoms with E-state index >= 15 is 0 Å². The van der Waals surface area contributed by atoms with E-state index in [1.54, 1.807) is 26.0 Å². The second-order valence-corrected chi connectivity index (χ2v) is 7.84. The molecule has 0 spiro atoms. The van der Waals surface area contributed by atoms with E-state index < -0.39 is 0 Å². The zero-order chi connectivity index (χ0) is 21.3. The van der Waals surface area contributed by atoms with Gasteiger partial charge >= 0.3 is 0 Å². The highest BCUT2D eigenvalue weighted by atomic mass is 35.5. The number of fused-ring (bicyclic) bond motifs is 1. The third-order valence-corrected chi connectivity index (χ3v) is 5.61. The molecule has 11 heteroatoms. The van der Waals surface area contributed by atoms with Crippen LogP contribution < -0.4 is 15.4 Å². The Morgan fingerprint density at radius 3 is 2.57 bits per heavy atom. The van der Waals surface area contributed by atoms with Gasteiger partial charge in [-0.2, -0.15) is 5.10 Å². The highest BCUT2D eigenvalue weighted by molar-refractivity contribution is 6.33. The summed E-state index contributed by atoms with van der Waals surface area (Å²) in [5, 5.41) is 4.50. The van der Waals surface area contributed by atoms with Gasteiger partial charge in [0.1, 0.15) is 11.3 Å². The molecular weight excluding hydrogens is 408 g/mol. The van der Waals surface area contributed by atoms with E-state index in [4.69, 9.17) is 16.3 Å². The average molecular weight is 433 g/mol. The highest BCUT2D eigenvalue weighted by Crippen LogP contribution is 2.26. The van der Waals surface area contributed by atoms with Crippen LogP contribution in [-0.2, 0) is 11.3 Å². The maximum Gasteiger partial charge on any atom is 0.287 e. The minimum Gasteiger partial charge on any atom is -0.383 e. The van der Waals surface area contributed by atoms with Crippen LogP contribution in [0.4, 0.5) is 11.5 Å². The summed E-state index contributed by atoms with van der Waals surface area (Å²) in [5.74, 6) is 0.815. The number of hydrogen-bond acceptors (Lipinski definition) is 8. The van der Waals surface area contributed by atoms with Gasteiger partial charge in [-0.25, -0.2) is 19.6 Å². The first-order valence-electron chi connectivity index (χ1n) is 9.93. The molecule has 0 atom stereocenters. The molecule has 160 valence electrons. The second kappa shape index (κ2) is 8.57. The Labute approximate surface area is 179 Å². The minimum atomic E-state index is -0.259. The van der Waals surface area contributed by atoms with Crippen LogP contribution in [0.5, 0.6) is 0 Å². The Morgan fingerprint density at radius 2 is 1.87 bits per heavy atom. The number of hydrogen-bond donors (Lipinski definition) is 0. The molecule has 4 rings (SSSR count). The average Bonchev–Trinajstić information content (AvgIpc) is 3.17. The van der Waals surface area contributed by atoms with Crippen molar-refractivity contribution in [2.24, 2.45) is 0 Å². The second-order valence-electron chi connectivity index (χ2n) is 7.46. The van der Waals surface area contributed by atoms with Crippen LogP contribution in [0.2, 0.25) is 5.02 Å². The van der Waals surface area contributed by atoms with Gasteiger partial charge in [-0.1, -0.05) is 11.6 Å². The SMILES string of the molecule is COCCn1cnc2c(N3CCN(c4cnn(C(C)C)c(=O)c4Cl)CC3)ncnc21. The van der Waals surface area contributed by atoms with Gasteiger partial charge in [-0.15, -0.1) is 0 Å². The van der Waals surface area contributed by atoms with Crippen molar-refractivity contribution in [3.8, 4) is 0 Å². The fourth-order valence-corrected chi connectivity index (χ4v) is 3.89. The van der Waals surface area contributed by atoms with Crippen molar-refractivity contribution in [1.29, 1.82) is 0 Å². The Balaban J connectivity index is 1.52. The maximum absolute atomic E-state index is 12.5. The molecule has 0 aliphatic carbocycles. The van der Waals surface area contributed by atoms with Gasteiger partial charge in [0.05, 0.1) is 30.9 Å². The monoisotopic (exact) mass is 432 g/mol. The predicted octanol–water partition coefficient (Wildman–Crippen LogP) is 1.59.